The number of phenols is 3. The smallest absolute Gasteiger partial charge is 0.167 e. The predicted molar refractivity (Wildman–Crippen MR) is 96.4 cm³/mol. The van der Waals surface area contributed by atoms with Crippen LogP contribution in [0.3, 0.4) is 0 Å². The normalized spacial score (nSPS) is 16.4. The average molecular weight is 338 g/mol. The highest BCUT2D eigenvalue weighted by molar-refractivity contribution is 6.02. The molecule has 2 aromatic carbocycles. The van der Waals surface area contributed by atoms with E-state index < -0.39 is 0 Å². The summed E-state index contributed by atoms with van der Waals surface area (Å²) in [6.45, 7) is 3.96. The second-order valence-corrected chi connectivity index (χ2v) is 6.85. The van der Waals surface area contributed by atoms with Gasteiger partial charge in [-0.05, 0) is 55.9 Å². The maximum atomic E-state index is 12.7. The van der Waals surface area contributed by atoms with Gasteiger partial charge in [0.05, 0.1) is 5.56 Å². The molecule has 0 spiro atoms. The number of Topliss-reactive ketones (excluding diaryl/α,β-unsaturated/α-hetero) is 1. The van der Waals surface area contributed by atoms with Crippen LogP contribution in [0.4, 0.5) is 0 Å². The molecule has 4 nitrogen and oxygen atoms in total. The van der Waals surface area contributed by atoms with Crippen LogP contribution in [0.2, 0.25) is 0 Å². The molecule has 0 amide bonds. The summed E-state index contributed by atoms with van der Waals surface area (Å²) in [7, 11) is 0. The van der Waals surface area contributed by atoms with Gasteiger partial charge in [-0.2, -0.15) is 0 Å². The van der Waals surface area contributed by atoms with Crippen LogP contribution in [-0.2, 0) is 12.8 Å². The number of carbonyl (C=O) groups is 1. The van der Waals surface area contributed by atoms with Gasteiger partial charge in [-0.25, -0.2) is 0 Å². The number of fused-ring (bicyclic) bond motifs is 1. The second kappa shape index (κ2) is 6.63. The van der Waals surface area contributed by atoms with E-state index in [9.17, 15) is 20.1 Å². The molecule has 3 N–H and O–H groups in total. The maximum Gasteiger partial charge on any atom is 0.167 e. The molecule has 1 unspecified atom stereocenters. The van der Waals surface area contributed by atoms with Crippen molar-refractivity contribution in [1.82, 2.24) is 0 Å². The molecule has 130 valence electrons. The standard InChI is InChI=1S/C21H22O4/c1-12(2)3-8-16-17-9-14(13-4-6-15(22)7-5-13)10-19(24)21(17)20(25)11-18(16)23/h3-7,11,14,22-23,25H,8-10H2,1-2H3. The van der Waals surface area contributed by atoms with Crippen molar-refractivity contribution >= 4 is 5.78 Å². The van der Waals surface area contributed by atoms with E-state index in [2.05, 4.69) is 0 Å². The monoisotopic (exact) mass is 338 g/mol. The summed E-state index contributed by atoms with van der Waals surface area (Å²) in [6, 6.07) is 8.12. The Morgan fingerprint density at radius 3 is 2.40 bits per heavy atom. The Morgan fingerprint density at radius 2 is 1.76 bits per heavy atom. The minimum atomic E-state index is -0.150. The van der Waals surface area contributed by atoms with E-state index in [4.69, 9.17) is 0 Å². The molecule has 1 atom stereocenters. The number of hydrogen-bond donors (Lipinski definition) is 3. The van der Waals surface area contributed by atoms with Crippen molar-refractivity contribution in [2.45, 2.75) is 39.0 Å². The molecule has 0 heterocycles. The third kappa shape index (κ3) is 3.38. The van der Waals surface area contributed by atoms with Gasteiger partial charge in [-0.15, -0.1) is 0 Å². The molecule has 0 aliphatic heterocycles. The van der Waals surface area contributed by atoms with Crippen molar-refractivity contribution in [3.63, 3.8) is 0 Å². The van der Waals surface area contributed by atoms with Gasteiger partial charge in [-0.1, -0.05) is 23.8 Å². The first-order valence-electron chi connectivity index (χ1n) is 8.39. The SMILES string of the molecule is CC(C)=CCc1c(O)cc(O)c2c1CC(c1ccc(O)cc1)CC2=O. The molecule has 3 rings (SSSR count). The van der Waals surface area contributed by atoms with Crippen molar-refractivity contribution in [3.05, 3.63) is 64.2 Å². The highest BCUT2D eigenvalue weighted by Gasteiger charge is 2.31. The molecule has 2 aromatic rings. The maximum absolute atomic E-state index is 12.7. The molecule has 0 aromatic heterocycles. The number of carbonyl (C=O) groups excluding carboxylic acids is 1. The lowest BCUT2D eigenvalue weighted by Crippen LogP contribution is -2.20. The van der Waals surface area contributed by atoms with Gasteiger partial charge >= 0.3 is 0 Å². The van der Waals surface area contributed by atoms with Crippen LogP contribution in [0.25, 0.3) is 0 Å². The average Bonchev–Trinajstić information content (AvgIpc) is 2.54. The van der Waals surface area contributed by atoms with Crippen LogP contribution in [0.15, 0.2) is 42.0 Å². The Kier molecular flexibility index (Phi) is 4.53. The molecular formula is C21H22O4. The fraction of sp³-hybridized carbons (Fsp3) is 0.286. The topological polar surface area (TPSA) is 77.8 Å². The lowest BCUT2D eigenvalue weighted by molar-refractivity contribution is 0.0961. The predicted octanol–water partition coefficient (Wildman–Crippen LogP) is 4.22. The van der Waals surface area contributed by atoms with Crippen LogP contribution in [-0.4, -0.2) is 21.1 Å². The molecule has 0 bridgehead atoms. The number of allylic oxidation sites excluding steroid dienone is 2. The van der Waals surface area contributed by atoms with Crippen LogP contribution >= 0.6 is 0 Å². The third-order valence-electron chi connectivity index (χ3n) is 4.74. The van der Waals surface area contributed by atoms with Crippen molar-refractivity contribution in [3.8, 4) is 17.2 Å². The zero-order valence-corrected chi connectivity index (χ0v) is 14.4. The van der Waals surface area contributed by atoms with E-state index in [0.717, 1.165) is 16.7 Å². The number of phenolic OH excluding ortho intramolecular Hbond substituents is 3. The van der Waals surface area contributed by atoms with E-state index in [-0.39, 0.29) is 28.9 Å². The van der Waals surface area contributed by atoms with E-state index in [0.29, 0.717) is 30.4 Å². The first kappa shape index (κ1) is 17.1. The molecule has 1 aliphatic carbocycles. The minimum absolute atomic E-state index is 0.0212. The summed E-state index contributed by atoms with van der Waals surface area (Å²) < 4.78 is 0. The van der Waals surface area contributed by atoms with E-state index in [1.807, 2.05) is 32.1 Å². The van der Waals surface area contributed by atoms with E-state index in [1.165, 1.54) is 6.07 Å². The molecule has 1 aliphatic rings. The van der Waals surface area contributed by atoms with Gasteiger partial charge in [0.1, 0.15) is 17.2 Å². The largest absolute Gasteiger partial charge is 0.508 e. The number of aromatic hydroxyl groups is 3. The van der Waals surface area contributed by atoms with Crippen LogP contribution < -0.4 is 0 Å². The summed E-state index contributed by atoms with van der Waals surface area (Å²) in [5.41, 5.74) is 3.85. The second-order valence-electron chi connectivity index (χ2n) is 6.85. The molecular weight excluding hydrogens is 316 g/mol. The summed E-state index contributed by atoms with van der Waals surface area (Å²) >= 11 is 0. The van der Waals surface area contributed by atoms with Gasteiger partial charge in [0, 0.05) is 18.1 Å². The lowest BCUT2D eigenvalue weighted by atomic mass is 9.76. The Labute approximate surface area is 147 Å². The zero-order valence-electron chi connectivity index (χ0n) is 14.4. The number of benzene rings is 2. The van der Waals surface area contributed by atoms with Crippen LogP contribution in [0.1, 0.15) is 53.2 Å². The highest BCUT2D eigenvalue weighted by atomic mass is 16.3. The van der Waals surface area contributed by atoms with Crippen molar-refractivity contribution in [1.29, 1.82) is 0 Å². The van der Waals surface area contributed by atoms with Gasteiger partial charge in [-0.3, -0.25) is 4.79 Å². The van der Waals surface area contributed by atoms with Gasteiger partial charge in [0.25, 0.3) is 0 Å². The molecule has 4 heteroatoms. The summed E-state index contributed by atoms with van der Waals surface area (Å²) in [5.74, 6) is -0.0936. The highest BCUT2D eigenvalue weighted by Crippen LogP contribution is 2.42. The summed E-state index contributed by atoms with van der Waals surface area (Å²) in [5, 5.41) is 29.9. The van der Waals surface area contributed by atoms with Gasteiger partial charge in [0.15, 0.2) is 5.78 Å². The lowest BCUT2D eigenvalue weighted by Gasteiger charge is -2.27. The van der Waals surface area contributed by atoms with E-state index in [1.54, 1.807) is 12.1 Å². The number of hydrogen-bond acceptors (Lipinski definition) is 4. The number of rotatable bonds is 3. The molecule has 0 saturated heterocycles. The Morgan fingerprint density at radius 1 is 1.08 bits per heavy atom. The zero-order chi connectivity index (χ0) is 18.1. The van der Waals surface area contributed by atoms with E-state index >= 15 is 0 Å². The summed E-state index contributed by atoms with van der Waals surface area (Å²) in [4.78, 5) is 12.7. The van der Waals surface area contributed by atoms with Gasteiger partial charge < -0.3 is 15.3 Å². The molecule has 0 radical (unpaired) electrons. The van der Waals surface area contributed by atoms with Crippen LogP contribution in [0.5, 0.6) is 17.2 Å². The van der Waals surface area contributed by atoms with Crippen molar-refractivity contribution < 1.29 is 20.1 Å². The molecule has 0 fully saturated rings. The molecule has 25 heavy (non-hydrogen) atoms. The number of ketones is 1. The minimum Gasteiger partial charge on any atom is -0.508 e. The third-order valence-corrected chi connectivity index (χ3v) is 4.74. The van der Waals surface area contributed by atoms with Crippen LogP contribution in [0, 0.1) is 0 Å². The summed E-state index contributed by atoms with van der Waals surface area (Å²) in [6.07, 6.45) is 3.39. The Bertz CT molecular complexity index is 843. The fourth-order valence-electron chi connectivity index (χ4n) is 3.45. The Balaban J connectivity index is 2.07. The van der Waals surface area contributed by atoms with Crippen molar-refractivity contribution in [2.24, 2.45) is 0 Å². The first-order chi connectivity index (χ1) is 11.9. The van der Waals surface area contributed by atoms with Gasteiger partial charge in [0.2, 0.25) is 0 Å². The fourth-order valence-corrected chi connectivity index (χ4v) is 3.45. The Hall–Kier alpha value is -2.75. The first-order valence-corrected chi connectivity index (χ1v) is 8.39. The molecule has 0 saturated carbocycles. The van der Waals surface area contributed by atoms with Crippen molar-refractivity contribution in [2.75, 3.05) is 0 Å². The quantitative estimate of drug-likeness (QED) is 0.732.